The van der Waals surface area contributed by atoms with Crippen molar-refractivity contribution in [2.24, 2.45) is 0 Å². The fraction of sp³-hybridized carbons (Fsp3) is 0.636. The zero-order valence-corrected chi connectivity index (χ0v) is 12.0. The van der Waals surface area contributed by atoms with Crippen LogP contribution in [0.2, 0.25) is 0 Å². The predicted molar refractivity (Wildman–Crippen MR) is 72.7 cm³/mol. The molecule has 0 fully saturated rings. The van der Waals surface area contributed by atoms with Crippen LogP contribution < -0.4 is 10.6 Å². The number of alkyl halides is 3. The Morgan fingerprint density at radius 1 is 1.26 bits per heavy atom. The van der Waals surface area contributed by atoms with Gasteiger partial charge in [-0.1, -0.05) is 0 Å². The van der Waals surface area contributed by atoms with E-state index in [1.807, 2.05) is 20.1 Å². The summed E-state index contributed by atoms with van der Waals surface area (Å²) in [5.41, 5.74) is -0.962. The molecule has 1 rings (SSSR count). The van der Waals surface area contributed by atoms with E-state index >= 15 is 0 Å². The third-order valence-electron chi connectivity index (χ3n) is 2.49. The maximum absolute atomic E-state index is 12.7. The van der Waals surface area contributed by atoms with Crippen molar-refractivity contribution in [3.63, 3.8) is 0 Å². The highest BCUT2D eigenvalue weighted by Crippen LogP contribution is 2.30. The molecule has 0 bridgehead atoms. The van der Waals surface area contributed by atoms with Gasteiger partial charge < -0.3 is 10.6 Å². The Bertz CT molecular complexity index is 434. The first kappa shape index (κ1) is 15.9. The zero-order chi connectivity index (χ0) is 14.7. The lowest BCUT2D eigenvalue weighted by molar-refractivity contribution is -0.141. The van der Waals surface area contributed by atoms with Crippen molar-refractivity contribution < 1.29 is 13.2 Å². The number of hydrogen-bond acceptors (Lipinski definition) is 5. The summed E-state index contributed by atoms with van der Waals surface area (Å²) in [5.74, 6) is 0.105. The third kappa shape index (κ3) is 4.77. The van der Waals surface area contributed by atoms with Crippen molar-refractivity contribution in [3.8, 4) is 0 Å². The standard InChI is InChI=1S/C11H17F3N4S/c1-10(2,19-4)6-16-8-5-7(11(12,13)14)17-9(15-3)18-8/h5H,6H2,1-4H3,(H2,15,16,17,18). The van der Waals surface area contributed by atoms with Crippen molar-refractivity contribution in [1.82, 2.24) is 9.97 Å². The number of nitrogens with one attached hydrogen (secondary N) is 2. The number of hydrogen-bond donors (Lipinski definition) is 2. The van der Waals surface area contributed by atoms with Crippen LogP contribution in [0.1, 0.15) is 19.5 Å². The van der Waals surface area contributed by atoms with E-state index in [0.717, 1.165) is 6.07 Å². The lowest BCUT2D eigenvalue weighted by Crippen LogP contribution is -2.26. The Labute approximate surface area is 114 Å². The molecule has 0 unspecified atom stereocenters. The fourth-order valence-corrected chi connectivity index (χ4v) is 1.39. The van der Waals surface area contributed by atoms with Crippen LogP contribution >= 0.6 is 11.8 Å². The van der Waals surface area contributed by atoms with E-state index in [2.05, 4.69) is 20.6 Å². The molecule has 19 heavy (non-hydrogen) atoms. The molecule has 0 saturated carbocycles. The molecule has 0 radical (unpaired) electrons. The first-order valence-corrected chi connectivity index (χ1v) is 6.83. The second-order valence-electron chi connectivity index (χ2n) is 4.53. The van der Waals surface area contributed by atoms with Crippen LogP contribution in [0.5, 0.6) is 0 Å². The molecule has 1 heterocycles. The summed E-state index contributed by atoms with van der Waals surface area (Å²) >= 11 is 1.62. The number of thioether (sulfide) groups is 1. The predicted octanol–water partition coefficient (Wildman–Crippen LogP) is 3.09. The smallest absolute Gasteiger partial charge is 0.369 e. The highest BCUT2D eigenvalue weighted by molar-refractivity contribution is 7.99. The van der Waals surface area contributed by atoms with Crippen LogP contribution in [-0.4, -0.2) is 34.6 Å². The van der Waals surface area contributed by atoms with Gasteiger partial charge in [0, 0.05) is 24.4 Å². The Hall–Kier alpha value is -1.18. The SMILES string of the molecule is CNc1nc(NCC(C)(C)SC)cc(C(F)(F)F)n1. The van der Waals surface area contributed by atoms with Gasteiger partial charge in [-0.2, -0.15) is 29.9 Å². The first-order valence-electron chi connectivity index (χ1n) is 5.61. The molecular formula is C11H17F3N4S. The molecule has 0 amide bonds. The van der Waals surface area contributed by atoms with E-state index in [9.17, 15) is 13.2 Å². The summed E-state index contributed by atoms with van der Waals surface area (Å²) < 4.78 is 37.9. The van der Waals surface area contributed by atoms with Gasteiger partial charge in [0.05, 0.1) is 0 Å². The van der Waals surface area contributed by atoms with E-state index in [1.165, 1.54) is 7.05 Å². The second-order valence-corrected chi connectivity index (χ2v) is 6.04. The van der Waals surface area contributed by atoms with Gasteiger partial charge in [0.25, 0.3) is 0 Å². The molecule has 4 nitrogen and oxygen atoms in total. The lowest BCUT2D eigenvalue weighted by Gasteiger charge is -2.22. The maximum Gasteiger partial charge on any atom is 0.433 e. The Morgan fingerprint density at radius 3 is 2.37 bits per heavy atom. The number of anilines is 2. The molecule has 0 aromatic carbocycles. The van der Waals surface area contributed by atoms with Crippen LogP contribution in [0.15, 0.2) is 6.07 Å². The van der Waals surface area contributed by atoms with Crippen molar-refractivity contribution in [3.05, 3.63) is 11.8 Å². The largest absolute Gasteiger partial charge is 0.433 e. The van der Waals surface area contributed by atoms with Crippen LogP contribution in [0.25, 0.3) is 0 Å². The van der Waals surface area contributed by atoms with Crippen molar-refractivity contribution in [2.75, 3.05) is 30.5 Å². The highest BCUT2D eigenvalue weighted by Gasteiger charge is 2.33. The summed E-state index contributed by atoms with van der Waals surface area (Å²) in [6.07, 6.45) is -2.54. The van der Waals surface area contributed by atoms with E-state index in [0.29, 0.717) is 6.54 Å². The molecule has 0 saturated heterocycles. The minimum atomic E-state index is -4.49. The van der Waals surface area contributed by atoms with Crippen LogP contribution in [0, 0.1) is 0 Å². The van der Waals surface area contributed by atoms with Gasteiger partial charge >= 0.3 is 6.18 Å². The molecule has 0 aliphatic carbocycles. The molecule has 1 aromatic rings. The Kier molecular flexibility index (Phi) is 4.89. The molecule has 0 aliphatic rings. The number of aromatic nitrogens is 2. The number of halogens is 3. The molecule has 2 N–H and O–H groups in total. The van der Waals surface area contributed by atoms with Crippen LogP contribution in [0.3, 0.4) is 0 Å². The van der Waals surface area contributed by atoms with Gasteiger partial charge in [-0.15, -0.1) is 0 Å². The summed E-state index contributed by atoms with van der Waals surface area (Å²) in [6, 6.07) is 0.914. The number of rotatable bonds is 5. The lowest BCUT2D eigenvalue weighted by atomic mass is 10.2. The van der Waals surface area contributed by atoms with E-state index < -0.39 is 11.9 Å². The summed E-state index contributed by atoms with van der Waals surface area (Å²) in [6.45, 7) is 4.50. The monoisotopic (exact) mass is 294 g/mol. The average molecular weight is 294 g/mol. The van der Waals surface area contributed by atoms with E-state index in [1.54, 1.807) is 11.8 Å². The minimum absolute atomic E-state index is 0.0562. The highest BCUT2D eigenvalue weighted by atomic mass is 32.2. The molecule has 0 atom stereocenters. The minimum Gasteiger partial charge on any atom is -0.369 e. The second kappa shape index (κ2) is 5.85. The fourth-order valence-electron chi connectivity index (χ4n) is 1.17. The Morgan fingerprint density at radius 2 is 1.89 bits per heavy atom. The zero-order valence-electron chi connectivity index (χ0n) is 11.2. The van der Waals surface area contributed by atoms with Gasteiger partial charge in [0.1, 0.15) is 5.82 Å². The van der Waals surface area contributed by atoms with Crippen molar-refractivity contribution >= 4 is 23.5 Å². The molecule has 0 spiro atoms. The van der Waals surface area contributed by atoms with E-state index in [4.69, 9.17) is 0 Å². The Balaban J connectivity index is 2.95. The maximum atomic E-state index is 12.7. The summed E-state index contributed by atoms with van der Waals surface area (Å²) in [7, 11) is 1.48. The average Bonchev–Trinajstić information content (AvgIpc) is 2.35. The molecule has 8 heteroatoms. The van der Waals surface area contributed by atoms with Gasteiger partial charge in [0.15, 0.2) is 5.69 Å². The normalized spacial score (nSPS) is 12.4. The molecule has 1 aromatic heterocycles. The van der Waals surface area contributed by atoms with Gasteiger partial charge in [-0.05, 0) is 20.1 Å². The number of nitrogens with zero attached hydrogens (tertiary/aromatic N) is 2. The van der Waals surface area contributed by atoms with Gasteiger partial charge in [-0.3, -0.25) is 0 Å². The molecular weight excluding hydrogens is 277 g/mol. The third-order valence-corrected chi connectivity index (χ3v) is 3.74. The van der Waals surface area contributed by atoms with E-state index in [-0.39, 0.29) is 16.5 Å². The van der Waals surface area contributed by atoms with Crippen LogP contribution in [-0.2, 0) is 6.18 Å². The first-order chi connectivity index (χ1) is 8.68. The summed E-state index contributed by atoms with van der Waals surface area (Å²) in [5, 5.41) is 5.43. The summed E-state index contributed by atoms with van der Waals surface area (Å²) in [4.78, 5) is 7.36. The molecule has 0 aliphatic heterocycles. The molecule has 108 valence electrons. The van der Waals surface area contributed by atoms with Crippen molar-refractivity contribution in [2.45, 2.75) is 24.8 Å². The van der Waals surface area contributed by atoms with Crippen LogP contribution in [0.4, 0.5) is 24.9 Å². The van der Waals surface area contributed by atoms with Gasteiger partial charge in [-0.25, -0.2) is 4.98 Å². The van der Waals surface area contributed by atoms with Crippen molar-refractivity contribution in [1.29, 1.82) is 0 Å². The quantitative estimate of drug-likeness (QED) is 0.874. The topological polar surface area (TPSA) is 49.8 Å². The van der Waals surface area contributed by atoms with Gasteiger partial charge in [0.2, 0.25) is 5.95 Å².